The number of nitrogens with zero attached hydrogens (tertiary/aromatic N) is 1. The van der Waals surface area contributed by atoms with Crippen molar-refractivity contribution in [2.24, 2.45) is 5.92 Å². The van der Waals surface area contributed by atoms with Gasteiger partial charge in [-0.15, -0.1) is 0 Å². The fourth-order valence-corrected chi connectivity index (χ4v) is 3.37. The number of hydrogen-bond donors (Lipinski definition) is 3. The molecule has 0 aromatic heterocycles. The van der Waals surface area contributed by atoms with Gasteiger partial charge in [-0.1, -0.05) is 24.3 Å². The molecule has 0 amide bonds. The number of aliphatic hydroxyl groups excluding tert-OH is 3. The van der Waals surface area contributed by atoms with Crippen LogP contribution in [0.3, 0.4) is 0 Å². The molecular weight excluding hydrogens is 242 g/mol. The molecule has 1 saturated heterocycles. The number of β-amino-alcohol motifs (C(OH)–C–C–N with tert-alkyl or cyclic N) is 2. The van der Waals surface area contributed by atoms with Crippen LogP contribution in [0.2, 0.25) is 0 Å². The molecular formula is C15H21NO3. The zero-order chi connectivity index (χ0) is 13.4. The van der Waals surface area contributed by atoms with Gasteiger partial charge in [-0.3, -0.25) is 4.90 Å². The molecule has 3 rings (SSSR count). The first-order valence-electron chi connectivity index (χ1n) is 6.97. The van der Waals surface area contributed by atoms with Crippen molar-refractivity contribution in [1.29, 1.82) is 0 Å². The first-order valence-corrected chi connectivity index (χ1v) is 6.97. The first-order chi connectivity index (χ1) is 9.13. The van der Waals surface area contributed by atoms with Crippen LogP contribution in [-0.4, -0.2) is 58.2 Å². The minimum atomic E-state index is -1.00. The summed E-state index contributed by atoms with van der Waals surface area (Å²) >= 11 is 0. The summed E-state index contributed by atoms with van der Waals surface area (Å²) in [6.07, 6.45) is -0.542. The lowest BCUT2D eigenvalue weighted by molar-refractivity contribution is -0.111. The van der Waals surface area contributed by atoms with Crippen LogP contribution in [0.1, 0.15) is 11.1 Å². The standard InChI is InChI=1S/C15H21NO3/c17-13-8-16(9-14(18)15(13)19)7-10-5-11-3-1-2-4-12(11)6-10/h1-4,10,13-15,17-19H,5-9H2/t13-,14+,15?. The molecule has 4 heteroatoms. The third kappa shape index (κ3) is 2.67. The van der Waals surface area contributed by atoms with E-state index in [0.717, 1.165) is 19.4 Å². The molecule has 1 unspecified atom stereocenters. The maximum Gasteiger partial charge on any atom is 0.108 e. The minimum absolute atomic E-state index is 0.449. The number of piperidine rings is 1. The van der Waals surface area contributed by atoms with Crippen LogP contribution in [0.5, 0.6) is 0 Å². The third-order valence-electron chi connectivity index (χ3n) is 4.33. The summed E-state index contributed by atoms with van der Waals surface area (Å²) in [7, 11) is 0. The van der Waals surface area contributed by atoms with Crippen LogP contribution in [0, 0.1) is 5.92 Å². The largest absolute Gasteiger partial charge is 0.389 e. The van der Waals surface area contributed by atoms with Gasteiger partial charge >= 0.3 is 0 Å². The molecule has 1 aromatic carbocycles. The quantitative estimate of drug-likeness (QED) is 0.691. The highest BCUT2D eigenvalue weighted by atomic mass is 16.4. The van der Waals surface area contributed by atoms with Crippen LogP contribution in [-0.2, 0) is 12.8 Å². The lowest BCUT2D eigenvalue weighted by atomic mass is 9.99. The second-order valence-electron chi connectivity index (χ2n) is 5.89. The van der Waals surface area contributed by atoms with Crippen LogP contribution in [0.4, 0.5) is 0 Å². The number of aliphatic hydroxyl groups is 3. The summed E-state index contributed by atoms with van der Waals surface area (Å²) in [6.45, 7) is 1.77. The third-order valence-corrected chi connectivity index (χ3v) is 4.33. The normalized spacial score (nSPS) is 32.5. The molecule has 0 saturated carbocycles. The fraction of sp³-hybridized carbons (Fsp3) is 0.600. The monoisotopic (exact) mass is 263 g/mol. The van der Waals surface area contributed by atoms with Crippen molar-refractivity contribution in [3.05, 3.63) is 35.4 Å². The lowest BCUT2D eigenvalue weighted by Gasteiger charge is -2.38. The number of hydrogen-bond acceptors (Lipinski definition) is 4. The topological polar surface area (TPSA) is 63.9 Å². The Hall–Kier alpha value is -0.940. The average Bonchev–Trinajstić information content (AvgIpc) is 2.78. The van der Waals surface area contributed by atoms with Crippen LogP contribution >= 0.6 is 0 Å². The molecule has 0 radical (unpaired) electrons. The van der Waals surface area contributed by atoms with Crippen molar-refractivity contribution < 1.29 is 15.3 Å². The van der Waals surface area contributed by atoms with Crippen molar-refractivity contribution >= 4 is 0 Å². The molecule has 1 fully saturated rings. The van der Waals surface area contributed by atoms with Gasteiger partial charge in [-0.05, 0) is 29.9 Å². The molecule has 0 bridgehead atoms. The fourth-order valence-electron chi connectivity index (χ4n) is 3.37. The van der Waals surface area contributed by atoms with Gasteiger partial charge in [0.25, 0.3) is 0 Å². The van der Waals surface area contributed by atoms with E-state index in [1.165, 1.54) is 11.1 Å². The summed E-state index contributed by atoms with van der Waals surface area (Å²) in [4.78, 5) is 2.07. The van der Waals surface area contributed by atoms with Crippen molar-refractivity contribution in [3.8, 4) is 0 Å². The SMILES string of the molecule is OC1[C@H](O)CN(CC2Cc3ccccc3C2)C[C@@H]1O. The molecule has 1 aliphatic carbocycles. The van der Waals surface area contributed by atoms with Gasteiger partial charge in [0.05, 0.1) is 12.2 Å². The highest BCUT2D eigenvalue weighted by Gasteiger charge is 2.34. The molecule has 19 heavy (non-hydrogen) atoms. The molecule has 1 heterocycles. The van der Waals surface area contributed by atoms with E-state index in [-0.39, 0.29) is 0 Å². The summed E-state index contributed by atoms with van der Waals surface area (Å²) in [5.41, 5.74) is 2.84. The van der Waals surface area contributed by atoms with E-state index in [4.69, 9.17) is 0 Å². The Morgan fingerprint density at radius 1 is 0.947 bits per heavy atom. The van der Waals surface area contributed by atoms with Gasteiger partial charge in [0.1, 0.15) is 6.10 Å². The first kappa shape index (κ1) is 13.1. The van der Waals surface area contributed by atoms with Gasteiger partial charge in [-0.25, -0.2) is 0 Å². The van der Waals surface area contributed by atoms with Crippen LogP contribution in [0.25, 0.3) is 0 Å². The Kier molecular flexibility index (Phi) is 3.58. The Morgan fingerprint density at radius 2 is 1.47 bits per heavy atom. The summed E-state index contributed by atoms with van der Waals surface area (Å²) < 4.78 is 0. The number of rotatable bonds is 2. The summed E-state index contributed by atoms with van der Waals surface area (Å²) in [5, 5.41) is 29.0. The minimum Gasteiger partial charge on any atom is -0.389 e. The van der Waals surface area contributed by atoms with E-state index in [1.807, 2.05) is 0 Å². The average molecular weight is 263 g/mol. The summed E-state index contributed by atoms with van der Waals surface area (Å²) in [6, 6.07) is 8.51. The highest BCUT2D eigenvalue weighted by Crippen LogP contribution is 2.27. The van der Waals surface area contributed by atoms with Crippen molar-refractivity contribution in [2.45, 2.75) is 31.2 Å². The molecule has 3 N–H and O–H groups in total. The second-order valence-corrected chi connectivity index (χ2v) is 5.89. The van der Waals surface area contributed by atoms with E-state index < -0.39 is 18.3 Å². The van der Waals surface area contributed by atoms with E-state index in [2.05, 4.69) is 29.2 Å². The number of likely N-dealkylation sites (tertiary alicyclic amines) is 1. The lowest BCUT2D eigenvalue weighted by Crippen LogP contribution is -2.56. The molecule has 1 aliphatic heterocycles. The van der Waals surface area contributed by atoms with Crippen LogP contribution in [0.15, 0.2) is 24.3 Å². The van der Waals surface area contributed by atoms with E-state index >= 15 is 0 Å². The predicted octanol–water partition coefficient (Wildman–Crippen LogP) is -0.200. The van der Waals surface area contributed by atoms with Gasteiger partial charge < -0.3 is 15.3 Å². The maximum absolute atomic E-state index is 9.71. The van der Waals surface area contributed by atoms with Crippen molar-refractivity contribution in [1.82, 2.24) is 4.90 Å². The molecule has 104 valence electrons. The maximum atomic E-state index is 9.71. The van der Waals surface area contributed by atoms with E-state index in [9.17, 15) is 15.3 Å². The van der Waals surface area contributed by atoms with Crippen molar-refractivity contribution in [3.63, 3.8) is 0 Å². The number of benzene rings is 1. The second kappa shape index (κ2) is 5.21. The Morgan fingerprint density at radius 3 is 2.00 bits per heavy atom. The van der Waals surface area contributed by atoms with E-state index in [0.29, 0.717) is 19.0 Å². The number of fused-ring (bicyclic) bond motifs is 1. The molecule has 1 aromatic rings. The molecule has 3 atom stereocenters. The zero-order valence-corrected chi connectivity index (χ0v) is 10.9. The Balaban J connectivity index is 1.59. The molecule has 4 nitrogen and oxygen atoms in total. The van der Waals surface area contributed by atoms with Crippen molar-refractivity contribution in [2.75, 3.05) is 19.6 Å². The van der Waals surface area contributed by atoms with E-state index in [1.54, 1.807) is 0 Å². The predicted molar refractivity (Wildman–Crippen MR) is 71.8 cm³/mol. The molecule has 0 spiro atoms. The summed E-state index contributed by atoms with van der Waals surface area (Å²) in [5.74, 6) is 0.548. The van der Waals surface area contributed by atoms with Gasteiger partial charge in [-0.2, -0.15) is 0 Å². The molecule has 2 aliphatic rings. The highest BCUT2D eigenvalue weighted by molar-refractivity contribution is 5.32. The Bertz CT molecular complexity index is 414. The Labute approximate surface area is 113 Å². The zero-order valence-electron chi connectivity index (χ0n) is 10.9. The van der Waals surface area contributed by atoms with Gasteiger partial charge in [0, 0.05) is 19.6 Å². The van der Waals surface area contributed by atoms with Gasteiger partial charge in [0.15, 0.2) is 0 Å². The van der Waals surface area contributed by atoms with Crippen LogP contribution < -0.4 is 0 Å². The smallest absolute Gasteiger partial charge is 0.108 e. The van der Waals surface area contributed by atoms with Gasteiger partial charge in [0.2, 0.25) is 0 Å².